The molecule has 132 valence electrons. The maximum Gasteiger partial charge on any atom is 0.175 e. The van der Waals surface area contributed by atoms with Crippen molar-refractivity contribution in [1.82, 2.24) is 9.97 Å². The summed E-state index contributed by atoms with van der Waals surface area (Å²) in [4.78, 5) is 26.3. The van der Waals surface area contributed by atoms with E-state index in [1.807, 2.05) is 48.5 Å². The molecule has 2 unspecified atom stereocenters. The molecule has 1 aliphatic heterocycles. The van der Waals surface area contributed by atoms with Crippen molar-refractivity contribution >= 4 is 40.4 Å². The Morgan fingerprint density at radius 3 is 2.52 bits per heavy atom. The molecule has 3 aromatic rings. The Labute approximate surface area is 160 Å². The molecule has 0 saturated heterocycles. The van der Waals surface area contributed by atoms with Crippen molar-refractivity contribution in [2.45, 2.75) is 6.04 Å². The van der Waals surface area contributed by atoms with Gasteiger partial charge in [-0.05, 0) is 17.7 Å². The normalized spacial score (nSPS) is 20.0. The quantitative estimate of drug-likeness (QED) is 0.674. The van der Waals surface area contributed by atoms with Gasteiger partial charge in [0.2, 0.25) is 0 Å². The first-order valence-electron chi connectivity index (χ1n) is 8.48. The number of nitrogen functional groups attached to an aromatic ring is 1. The minimum Gasteiger partial charge on any atom is -0.382 e. The molecule has 1 aromatic heterocycles. The Balaban J connectivity index is 1.77. The Kier molecular flexibility index (Phi) is 3.48. The van der Waals surface area contributed by atoms with Crippen molar-refractivity contribution in [1.29, 1.82) is 0 Å². The van der Waals surface area contributed by atoms with Gasteiger partial charge in [-0.25, -0.2) is 15.0 Å². The third kappa shape index (κ3) is 2.41. The number of fused-ring (bicyclic) bond motifs is 4. The van der Waals surface area contributed by atoms with Crippen LogP contribution in [0.3, 0.4) is 0 Å². The third-order valence-electron chi connectivity index (χ3n) is 4.98. The van der Waals surface area contributed by atoms with E-state index in [1.165, 1.54) is 6.33 Å². The van der Waals surface area contributed by atoms with E-state index >= 15 is 0 Å². The molecule has 2 aliphatic rings. The fraction of sp³-hybridized carbons (Fsp3) is 0.100. The summed E-state index contributed by atoms with van der Waals surface area (Å²) in [6.45, 7) is 0. The van der Waals surface area contributed by atoms with Gasteiger partial charge in [-0.1, -0.05) is 48.0 Å². The van der Waals surface area contributed by atoms with Crippen LogP contribution >= 0.6 is 11.6 Å². The van der Waals surface area contributed by atoms with Crippen LogP contribution in [0.25, 0.3) is 0 Å². The van der Waals surface area contributed by atoms with Gasteiger partial charge in [-0.15, -0.1) is 0 Å². The van der Waals surface area contributed by atoms with Crippen LogP contribution in [0.2, 0.25) is 5.02 Å². The molecule has 3 N–H and O–H groups in total. The summed E-state index contributed by atoms with van der Waals surface area (Å²) in [5.41, 5.74) is 9.60. The van der Waals surface area contributed by atoms with Crippen LogP contribution in [0.15, 0.2) is 59.9 Å². The second-order valence-electron chi connectivity index (χ2n) is 6.51. The molecular weight excluding hydrogens is 362 g/mol. The lowest BCUT2D eigenvalue weighted by Gasteiger charge is -2.23. The fourth-order valence-corrected chi connectivity index (χ4v) is 3.85. The number of nitrogens with two attached hydrogens (primary N) is 1. The predicted molar refractivity (Wildman–Crippen MR) is 105 cm³/mol. The topological polar surface area (TPSA) is 93.3 Å². The summed E-state index contributed by atoms with van der Waals surface area (Å²) in [6.07, 6.45) is 1.39. The van der Waals surface area contributed by atoms with Crippen molar-refractivity contribution in [3.05, 3.63) is 76.6 Å². The highest BCUT2D eigenvalue weighted by atomic mass is 35.5. The second kappa shape index (κ2) is 5.89. The van der Waals surface area contributed by atoms with E-state index in [4.69, 9.17) is 22.3 Å². The number of aliphatic imine (C=N–C) groups is 1. The molecule has 0 spiro atoms. The van der Waals surface area contributed by atoms with Crippen molar-refractivity contribution in [3.63, 3.8) is 0 Å². The average molecular weight is 376 g/mol. The number of Topliss-reactive ketones (excluding diaryl/α,β-unsaturated/α-hetero) is 1. The first kappa shape index (κ1) is 16.0. The molecule has 27 heavy (non-hydrogen) atoms. The van der Waals surface area contributed by atoms with Crippen LogP contribution in [0.1, 0.15) is 27.5 Å². The van der Waals surface area contributed by atoms with Crippen molar-refractivity contribution in [2.75, 3.05) is 11.1 Å². The molecule has 0 amide bonds. The number of carbonyl (C=O) groups excluding carboxylic acids is 1. The number of hydrogen-bond acceptors (Lipinski definition) is 6. The summed E-state index contributed by atoms with van der Waals surface area (Å²) >= 11 is 6.05. The van der Waals surface area contributed by atoms with Gasteiger partial charge < -0.3 is 11.1 Å². The molecular formula is C20H14ClN5O. The standard InChI is InChI=1S/C20H14ClN5O/c21-11-7-5-10(6-8-11)15-14-16(12-3-1-2-4-13(12)18(14)27)25-17-19(22)23-9-24-20(17)26-15/h1-9,14-15H,(H3,22,23,24,26). The largest absolute Gasteiger partial charge is 0.382 e. The number of hydrogen-bond donors (Lipinski definition) is 2. The van der Waals surface area contributed by atoms with Crippen LogP contribution in [0, 0.1) is 5.92 Å². The monoisotopic (exact) mass is 375 g/mol. The lowest BCUT2D eigenvalue weighted by molar-refractivity contribution is 0.0952. The van der Waals surface area contributed by atoms with Gasteiger partial charge in [0.1, 0.15) is 12.0 Å². The molecule has 5 rings (SSSR count). The van der Waals surface area contributed by atoms with E-state index in [9.17, 15) is 4.79 Å². The Morgan fingerprint density at radius 1 is 1.00 bits per heavy atom. The minimum atomic E-state index is -0.489. The molecule has 1 aliphatic carbocycles. The lowest BCUT2D eigenvalue weighted by Crippen LogP contribution is -2.28. The average Bonchev–Trinajstić information content (AvgIpc) is 2.84. The zero-order valence-electron chi connectivity index (χ0n) is 14.1. The zero-order valence-corrected chi connectivity index (χ0v) is 14.8. The summed E-state index contributed by atoms with van der Waals surface area (Å²) in [5, 5.41) is 4.00. The maximum atomic E-state index is 13.3. The first-order valence-corrected chi connectivity index (χ1v) is 8.86. The van der Waals surface area contributed by atoms with E-state index in [-0.39, 0.29) is 17.6 Å². The van der Waals surface area contributed by atoms with Gasteiger partial charge in [-0.2, -0.15) is 0 Å². The SMILES string of the molecule is Nc1ncnc2c1N=C1c3ccccc3C(=O)C1C(c1ccc(Cl)cc1)N2. The van der Waals surface area contributed by atoms with Gasteiger partial charge in [0.25, 0.3) is 0 Å². The molecule has 0 fully saturated rings. The molecule has 7 heteroatoms. The predicted octanol–water partition coefficient (Wildman–Crippen LogP) is 3.81. The highest BCUT2D eigenvalue weighted by Gasteiger charge is 2.44. The number of carbonyl (C=O) groups is 1. The number of aromatic nitrogens is 2. The summed E-state index contributed by atoms with van der Waals surface area (Å²) < 4.78 is 0. The molecule has 6 nitrogen and oxygen atoms in total. The van der Waals surface area contributed by atoms with Crippen LogP contribution in [0.5, 0.6) is 0 Å². The Hall–Kier alpha value is -3.25. The highest BCUT2D eigenvalue weighted by molar-refractivity contribution is 6.31. The number of benzene rings is 2. The van der Waals surface area contributed by atoms with E-state index < -0.39 is 5.92 Å². The van der Waals surface area contributed by atoms with E-state index in [0.717, 1.165) is 11.1 Å². The van der Waals surface area contributed by atoms with Crippen LogP contribution < -0.4 is 11.1 Å². The lowest BCUT2D eigenvalue weighted by atomic mass is 9.88. The van der Waals surface area contributed by atoms with Gasteiger partial charge in [0.05, 0.1) is 17.7 Å². The van der Waals surface area contributed by atoms with Gasteiger partial charge >= 0.3 is 0 Å². The Morgan fingerprint density at radius 2 is 1.74 bits per heavy atom. The molecule has 0 radical (unpaired) electrons. The van der Waals surface area contributed by atoms with Crippen LogP contribution in [-0.2, 0) is 0 Å². The van der Waals surface area contributed by atoms with E-state index in [1.54, 1.807) is 0 Å². The fourth-order valence-electron chi connectivity index (χ4n) is 3.72. The summed E-state index contributed by atoms with van der Waals surface area (Å²) in [5.74, 6) is 0.315. The highest BCUT2D eigenvalue weighted by Crippen LogP contribution is 2.44. The number of ketones is 1. The molecule has 2 aromatic carbocycles. The maximum absolute atomic E-state index is 13.3. The number of nitrogens with one attached hydrogen (secondary N) is 1. The molecule has 0 saturated carbocycles. The number of rotatable bonds is 1. The second-order valence-corrected chi connectivity index (χ2v) is 6.95. The van der Waals surface area contributed by atoms with Gasteiger partial charge in [0.15, 0.2) is 17.4 Å². The minimum absolute atomic E-state index is 0.0242. The number of nitrogens with zero attached hydrogens (tertiary/aromatic N) is 3. The van der Waals surface area contributed by atoms with E-state index in [2.05, 4.69) is 15.3 Å². The zero-order chi connectivity index (χ0) is 18.5. The molecule has 2 atom stereocenters. The van der Waals surface area contributed by atoms with Crippen LogP contribution in [0.4, 0.5) is 17.3 Å². The summed E-state index contributed by atoms with van der Waals surface area (Å²) in [7, 11) is 0. The van der Waals surface area contributed by atoms with Crippen molar-refractivity contribution in [3.8, 4) is 0 Å². The van der Waals surface area contributed by atoms with Crippen molar-refractivity contribution in [2.24, 2.45) is 10.9 Å². The van der Waals surface area contributed by atoms with E-state index in [0.29, 0.717) is 27.8 Å². The first-order chi connectivity index (χ1) is 13.1. The molecule has 2 heterocycles. The number of anilines is 2. The smallest absolute Gasteiger partial charge is 0.175 e. The van der Waals surface area contributed by atoms with Gasteiger partial charge in [0, 0.05) is 16.1 Å². The van der Waals surface area contributed by atoms with Gasteiger partial charge in [-0.3, -0.25) is 4.79 Å². The third-order valence-corrected chi connectivity index (χ3v) is 5.24. The number of halogens is 1. The van der Waals surface area contributed by atoms with Crippen molar-refractivity contribution < 1.29 is 4.79 Å². The summed E-state index contributed by atoms with van der Waals surface area (Å²) in [6, 6.07) is 14.6. The Bertz CT molecular complexity index is 1110. The van der Waals surface area contributed by atoms with Crippen LogP contribution in [-0.4, -0.2) is 21.5 Å². The molecule has 0 bridgehead atoms.